The zero-order chi connectivity index (χ0) is 10.7. The molecule has 3 heteroatoms. The zero-order valence-electron chi connectivity index (χ0n) is 8.97. The second kappa shape index (κ2) is 5.01. The molecule has 1 aliphatic rings. The molecular weight excluding hydrogens is 206 g/mol. The highest BCUT2D eigenvalue weighted by molar-refractivity contribution is 7.80. The Morgan fingerprint density at radius 1 is 1.40 bits per heavy atom. The second-order valence-electron chi connectivity index (χ2n) is 4.03. The van der Waals surface area contributed by atoms with Gasteiger partial charge in [-0.15, -0.1) is 0 Å². The smallest absolute Gasteiger partial charge is 0.0859 e. The molecule has 82 valence electrons. The van der Waals surface area contributed by atoms with Crippen LogP contribution in [0.3, 0.4) is 0 Å². The van der Waals surface area contributed by atoms with Crippen LogP contribution in [-0.4, -0.2) is 37.7 Å². The van der Waals surface area contributed by atoms with Crippen LogP contribution in [0.5, 0.6) is 0 Å². The maximum absolute atomic E-state index is 5.75. The van der Waals surface area contributed by atoms with Crippen molar-refractivity contribution in [3.63, 3.8) is 0 Å². The molecule has 1 fully saturated rings. The molecule has 1 heterocycles. The summed E-state index contributed by atoms with van der Waals surface area (Å²) in [7, 11) is 2.13. The van der Waals surface area contributed by atoms with E-state index in [1.54, 1.807) is 0 Å². The van der Waals surface area contributed by atoms with E-state index in [1.165, 1.54) is 5.56 Å². The van der Waals surface area contributed by atoms with Crippen LogP contribution in [0.2, 0.25) is 0 Å². The standard InChI is InChI=1S/C12H17NOS/c1-13-7-8-14-11(9-13)12(15)10-5-3-2-4-6-10/h2-6,11-12,15H,7-9H2,1H3/t11-,12?/m0/s1. The van der Waals surface area contributed by atoms with E-state index >= 15 is 0 Å². The predicted octanol–water partition coefficient (Wildman–Crippen LogP) is 1.99. The summed E-state index contributed by atoms with van der Waals surface area (Å²) in [4.78, 5) is 2.29. The number of hydrogen-bond acceptors (Lipinski definition) is 3. The van der Waals surface area contributed by atoms with Crippen molar-refractivity contribution < 1.29 is 4.74 Å². The second-order valence-corrected chi connectivity index (χ2v) is 4.58. The van der Waals surface area contributed by atoms with Crippen LogP contribution in [0, 0.1) is 0 Å². The lowest BCUT2D eigenvalue weighted by molar-refractivity contribution is -0.0198. The summed E-state index contributed by atoms with van der Waals surface area (Å²) in [6, 6.07) is 10.3. The molecule has 1 unspecified atom stereocenters. The minimum atomic E-state index is 0.175. The van der Waals surface area contributed by atoms with Crippen molar-refractivity contribution in [2.75, 3.05) is 26.7 Å². The Kier molecular flexibility index (Phi) is 3.67. The highest BCUT2D eigenvalue weighted by Crippen LogP contribution is 2.27. The number of hydrogen-bond donors (Lipinski definition) is 1. The number of nitrogens with zero attached hydrogens (tertiary/aromatic N) is 1. The predicted molar refractivity (Wildman–Crippen MR) is 65.4 cm³/mol. The maximum Gasteiger partial charge on any atom is 0.0859 e. The Morgan fingerprint density at radius 3 is 2.80 bits per heavy atom. The number of thiol groups is 1. The Labute approximate surface area is 96.6 Å². The summed E-state index contributed by atoms with van der Waals surface area (Å²) in [6.07, 6.45) is 0.203. The lowest BCUT2D eigenvalue weighted by Crippen LogP contribution is -2.41. The van der Waals surface area contributed by atoms with Gasteiger partial charge in [-0.1, -0.05) is 30.3 Å². The van der Waals surface area contributed by atoms with Gasteiger partial charge in [0.25, 0.3) is 0 Å². The summed E-state index contributed by atoms with van der Waals surface area (Å²) in [5, 5.41) is 0.175. The first-order chi connectivity index (χ1) is 7.27. The normalized spacial score (nSPS) is 25.1. The lowest BCUT2D eigenvalue weighted by Gasteiger charge is -2.33. The lowest BCUT2D eigenvalue weighted by atomic mass is 10.1. The van der Waals surface area contributed by atoms with Gasteiger partial charge in [0.05, 0.1) is 18.0 Å². The van der Waals surface area contributed by atoms with Crippen molar-refractivity contribution in [2.24, 2.45) is 0 Å². The first kappa shape index (κ1) is 11.0. The average Bonchev–Trinajstić information content (AvgIpc) is 2.29. The molecule has 1 aromatic carbocycles. The molecular formula is C12H17NOS. The molecule has 15 heavy (non-hydrogen) atoms. The SMILES string of the molecule is CN1CCO[C@H](C(S)c2ccccc2)C1. The van der Waals surface area contributed by atoms with Gasteiger partial charge in [0.1, 0.15) is 0 Å². The zero-order valence-corrected chi connectivity index (χ0v) is 9.86. The molecule has 0 spiro atoms. The fourth-order valence-corrected chi connectivity index (χ4v) is 2.22. The van der Waals surface area contributed by atoms with E-state index in [2.05, 4.69) is 36.7 Å². The van der Waals surface area contributed by atoms with Crippen LogP contribution in [0.4, 0.5) is 0 Å². The number of benzene rings is 1. The highest BCUT2D eigenvalue weighted by atomic mass is 32.1. The van der Waals surface area contributed by atoms with Crippen LogP contribution >= 0.6 is 12.6 Å². The molecule has 0 amide bonds. The van der Waals surface area contributed by atoms with Gasteiger partial charge >= 0.3 is 0 Å². The van der Waals surface area contributed by atoms with Gasteiger partial charge in [0, 0.05) is 13.1 Å². The molecule has 1 aromatic rings. The van der Waals surface area contributed by atoms with Gasteiger partial charge in [-0.3, -0.25) is 0 Å². The van der Waals surface area contributed by atoms with Gasteiger partial charge < -0.3 is 9.64 Å². The Morgan fingerprint density at radius 2 is 2.13 bits per heavy atom. The van der Waals surface area contributed by atoms with E-state index in [0.717, 1.165) is 19.7 Å². The Hall–Kier alpha value is -0.510. The molecule has 2 rings (SSSR count). The Bertz CT molecular complexity index is 304. The topological polar surface area (TPSA) is 12.5 Å². The quantitative estimate of drug-likeness (QED) is 0.770. The Balaban J connectivity index is 2.04. The summed E-state index contributed by atoms with van der Waals surface area (Å²) in [6.45, 7) is 2.79. The largest absolute Gasteiger partial charge is 0.374 e. The minimum absolute atomic E-state index is 0.175. The van der Waals surface area contributed by atoms with E-state index in [1.807, 2.05) is 18.2 Å². The first-order valence-electron chi connectivity index (χ1n) is 5.30. The van der Waals surface area contributed by atoms with Crippen LogP contribution in [0.1, 0.15) is 10.8 Å². The molecule has 1 saturated heterocycles. The third-order valence-electron chi connectivity index (χ3n) is 2.79. The van der Waals surface area contributed by atoms with Crippen molar-refractivity contribution in [1.82, 2.24) is 4.90 Å². The third kappa shape index (κ3) is 2.74. The van der Waals surface area contributed by atoms with Gasteiger partial charge in [0.2, 0.25) is 0 Å². The molecule has 2 nitrogen and oxygen atoms in total. The van der Waals surface area contributed by atoms with Gasteiger partial charge in [-0.05, 0) is 12.6 Å². The average molecular weight is 223 g/mol. The molecule has 1 aliphatic heterocycles. The molecule has 0 saturated carbocycles. The molecule has 0 bridgehead atoms. The van der Waals surface area contributed by atoms with E-state index in [0.29, 0.717) is 0 Å². The van der Waals surface area contributed by atoms with Crippen molar-refractivity contribution >= 4 is 12.6 Å². The number of morpholine rings is 1. The fraction of sp³-hybridized carbons (Fsp3) is 0.500. The van der Waals surface area contributed by atoms with E-state index in [9.17, 15) is 0 Å². The minimum Gasteiger partial charge on any atom is -0.374 e. The van der Waals surface area contributed by atoms with Crippen LogP contribution in [0.15, 0.2) is 30.3 Å². The molecule has 0 N–H and O–H groups in total. The number of rotatable bonds is 2. The van der Waals surface area contributed by atoms with Crippen molar-refractivity contribution in [2.45, 2.75) is 11.4 Å². The molecule has 0 radical (unpaired) electrons. The third-order valence-corrected chi connectivity index (χ3v) is 3.42. The molecule has 2 atom stereocenters. The summed E-state index contributed by atoms with van der Waals surface area (Å²) >= 11 is 4.65. The van der Waals surface area contributed by atoms with Crippen LogP contribution < -0.4 is 0 Å². The van der Waals surface area contributed by atoms with E-state index < -0.39 is 0 Å². The van der Waals surface area contributed by atoms with E-state index in [-0.39, 0.29) is 11.4 Å². The molecule has 0 aromatic heterocycles. The summed E-state index contributed by atoms with van der Waals surface area (Å²) in [5.41, 5.74) is 1.24. The molecule has 0 aliphatic carbocycles. The highest BCUT2D eigenvalue weighted by Gasteiger charge is 2.25. The van der Waals surface area contributed by atoms with Gasteiger partial charge in [-0.25, -0.2) is 0 Å². The van der Waals surface area contributed by atoms with Crippen LogP contribution in [-0.2, 0) is 4.74 Å². The summed E-state index contributed by atoms with van der Waals surface area (Å²) < 4.78 is 5.75. The monoisotopic (exact) mass is 223 g/mol. The van der Waals surface area contributed by atoms with Crippen molar-refractivity contribution in [1.29, 1.82) is 0 Å². The summed E-state index contributed by atoms with van der Waals surface area (Å²) in [5.74, 6) is 0. The fourth-order valence-electron chi connectivity index (χ4n) is 1.87. The van der Waals surface area contributed by atoms with Gasteiger partial charge in [0.15, 0.2) is 0 Å². The maximum atomic E-state index is 5.75. The van der Waals surface area contributed by atoms with Gasteiger partial charge in [-0.2, -0.15) is 12.6 Å². The first-order valence-corrected chi connectivity index (χ1v) is 5.82. The van der Waals surface area contributed by atoms with Crippen molar-refractivity contribution in [3.8, 4) is 0 Å². The number of ether oxygens (including phenoxy) is 1. The number of likely N-dealkylation sites (N-methyl/N-ethyl adjacent to an activating group) is 1. The van der Waals surface area contributed by atoms with Crippen molar-refractivity contribution in [3.05, 3.63) is 35.9 Å². The van der Waals surface area contributed by atoms with E-state index in [4.69, 9.17) is 4.74 Å². The van der Waals surface area contributed by atoms with Crippen LogP contribution in [0.25, 0.3) is 0 Å².